The first-order chi connectivity index (χ1) is 11.1. The normalized spacial score (nSPS) is 13.5. The molecule has 0 aliphatic heterocycles. The number of hydrogen-bond donors (Lipinski definition) is 1. The molecule has 0 aliphatic carbocycles. The van der Waals surface area contributed by atoms with Crippen molar-refractivity contribution in [3.05, 3.63) is 18.2 Å². The Kier molecular flexibility index (Phi) is 5.09. The van der Waals surface area contributed by atoms with Gasteiger partial charge in [0.05, 0.1) is 4.90 Å². The SMILES string of the molecule is CC(C)NC(=O)C(C)On1nnc2ccc(S(=O)(=O)N(C)C)cc21. The number of rotatable bonds is 6. The van der Waals surface area contributed by atoms with Gasteiger partial charge in [-0.05, 0) is 44.2 Å². The lowest BCUT2D eigenvalue weighted by Crippen LogP contribution is -2.42. The molecule has 0 bridgehead atoms. The number of hydrogen-bond acceptors (Lipinski definition) is 6. The molecule has 1 heterocycles. The van der Waals surface area contributed by atoms with Crippen LogP contribution in [0.15, 0.2) is 23.1 Å². The molecular formula is C14H21N5O4S. The van der Waals surface area contributed by atoms with Gasteiger partial charge in [-0.1, -0.05) is 4.85 Å². The van der Waals surface area contributed by atoms with Crippen molar-refractivity contribution in [2.24, 2.45) is 0 Å². The second kappa shape index (κ2) is 6.73. The van der Waals surface area contributed by atoms with Gasteiger partial charge in [-0.2, -0.15) is 0 Å². The monoisotopic (exact) mass is 355 g/mol. The standard InChI is InChI=1S/C14H21N5O4S/c1-9(2)15-14(20)10(3)23-19-13-8-11(24(21,22)18(4)5)6-7-12(13)16-17-19/h6-10H,1-5H3,(H,15,20). The first kappa shape index (κ1) is 18.1. The lowest BCUT2D eigenvalue weighted by atomic mass is 10.3. The highest BCUT2D eigenvalue weighted by Gasteiger charge is 2.21. The molecule has 1 atom stereocenters. The summed E-state index contributed by atoms with van der Waals surface area (Å²) in [6.45, 7) is 5.26. The second-order valence-electron chi connectivity index (χ2n) is 5.81. The van der Waals surface area contributed by atoms with Crippen molar-refractivity contribution in [3.63, 3.8) is 0 Å². The molecule has 2 rings (SSSR count). The number of nitrogens with zero attached hydrogens (tertiary/aromatic N) is 4. The molecule has 0 spiro atoms. The third kappa shape index (κ3) is 3.65. The molecule has 1 amide bonds. The summed E-state index contributed by atoms with van der Waals surface area (Å²) in [7, 11) is -0.697. The Labute approximate surface area is 140 Å². The quantitative estimate of drug-likeness (QED) is 0.783. The van der Waals surface area contributed by atoms with Crippen molar-refractivity contribution < 1.29 is 18.0 Å². The fraction of sp³-hybridized carbons (Fsp3) is 0.500. The van der Waals surface area contributed by atoms with Crippen LogP contribution in [0.1, 0.15) is 20.8 Å². The van der Waals surface area contributed by atoms with Crippen LogP contribution in [0.3, 0.4) is 0 Å². The van der Waals surface area contributed by atoms with Gasteiger partial charge < -0.3 is 10.2 Å². The van der Waals surface area contributed by atoms with Gasteiger partial charge in [0.1, 0.15) is 11.0 Å². The molecule has 1 aromatic carbocycles. The smallest absolute Gasteiger partial charge is 0.263 e. The van der Waals surface area contributed by atoms with Crippen LogP contribution in [0.2, 0.25) is 0 Å². The molecule has 2 aromatic rings. The summed E-state index contributed by atoms with van der Waals surface area (Å²) in [5, 5.41) is 10.5. The summed E-state index contributed by atoms with van der Waals surface area (Å²) in [6, 6.07) is 4.38. The number of benzene rings is 1. The van der Waals surface area contributed by atoms with E-state index in [9.17, 15) is 13.2 Å². The first-order valence-corrected chi connectivity index (χ1v) is 8.82. The molecular weight excluding hydrogens is 334 g/mol. The van der Waals surface area contributed by atoms with E-state index >= 15 is 0 Å². The Morgan fingerprint density at radius 1 is 1.29 bits per heavy atom. The van der Waals surface area contributed by atoms with Crippen molar-refractivity contribution in [2.75, 3.05) is 14.1 Å². The maximum atomic E-state index is 12.2. The molecule has 24 heavy (non-hydrogen) atoms. The van der Waals surface area contributed by atoms with Crippen molar-refractivity contribution >= 4 is 27.0 Å². The van der Waals surface area contributed by atoms with Crippen molar-refractivity contribution in [2.45, 2.75) is 37.8 Å². The zero-order chi connectivity index (χ0) is 18.1. The fourth-order valence-electron chi connectivity index (χ4n) is 1.93. The third-order valence-corrected chi connectivity index (χ3v) is 5.03. The van der Waals surface area contributed by atoms with Crippen LogP contribution >= 0.6 is 0 Å². The number of aromatic nitrogens is 3. The predicted molar refractivity (Wildman–Crippen MR) is 87.7 cm³/mol. The van der Waals surface area contributed by atoms with E-state index in [0.29, 0.717) is 11.0 Å². The highest BCUT2D eigenvalue weighted by atomic mass is 32.2. The van der Waals surface area contributed by atoms with Gasteiger partial charge in [0.25, 0.3) is 5.91 Å². The van der Waals surface area contributed by atoms with Gasteiger partial charge in [0.2, 0.25) is 16.1 Å². The van der Waals surface area contributed by atoms with Gasteiger partial charge in [0.15, 0.2) is 0 Å². The molecule has 0 fully saturated rings. The van der Waals surface area contributed by atoms with Gasteiger partial charge in [-0.25, -0.2) is 12.7 Å². The van der Waals surface area contributed by atoms with E-state index in [2.05, 4.69) is 15.6 Å². The Bertz CT molecular complexity index is 844. The molecule has 1 N–H and O–H groups in total. The minimum atomic E-state index is -3.59. The number of sulfonamides is 1. The molecule has 1 aromatic heterocycles. The maximum absolute atomic E-state index is 12.2. The fourth-order valence-corrected chi connectivity index (χ4v) is 2.85. The Balaban J connectivity index is 2.34. The third-order valence-electron chi connectivity index (χ3n) is 3.22. The number of nitrogens with one attached hydrogen (secondary N) is 1. The van der Waals surface area contributed by atoms with Crippen LogP contribution in [0.4, 0.5) is 0 Å². The van der Waals surface area contributed by atoms with Crippen molar-refractivity contribution in [1.82, 2.24) is 24.8 Å². The average molecular weight is 355 g/mol. The minimum absolute atomic E-state index is 0.0205. The molecule has 10 heteroatoms. The summed E-state index contributed by atoms with van der Waals surface area (Å²) in [5.41, 5.74) is 0.825. The molecule has 0 saturated heterocycles. The predicted octanol–water partition coefficient (Wildman–Crippen LogP) is 0.0233. The molecule has 0 saturated carbocycles. The summed E-state index contributed by atoms with van der Waals surface area (Å²) < 4.78 is 25.6. The average Bonchev–Trinajstić information content (AvgIpc) is 2.88. The number of carbonyl (C=O) groups is 1. The molecule has 0 aliphatic rings. The van der Waals surface area contributed by atoms with Crippen molar-refractivity contribution in [1.29, 1.82) is 0 Å². The Morgan fingerprint density at radius 2 is 1.96 bits per heavy atom. The topological polar surface area (TPSA) is 106 Å². The van der Waals surface area contributed by atoms with E-state index in [-0.39, 0.29) is 16.8 Å². The minimum Gasteiger partial charge on any atom is -0.382 e. The summed E-state index contributed by atoms with van der Waals surface area (Å²) in [5.74, 6) is -0.300. The summed E-state index contributed by atoms with van der Waals surface area (Å²) >= 11 is 0. The van der Waals surface area contributed by atoms with E-state index in [1.165, 1.54) is 32.3 Å². The largest absolute Gasteiger partial charge is 0.382 e. The van der Waals surface area contributed by atoms with Crippen LogP contribution in [0, 0.1) is 0 Å². The van der Waals surface area contributed by atoms with Crippen LogP contribution in [-0.4, -0.2) is 60.0 Å². The second-order valence-corrected chi connectivity index (χ2v) is 7.96. The van der Waals surface area contributed by atoms with E-state index in [4.69, 9.17) is 4.84 Å². The van der Waals surface area contributed by atoms with E-state index < -0.39 is 16.1 Å². The number of fused-ring (bicyclic) bond motifs is 1. The Hall–Kier alpha value is -2.20. The number of amides is 1. The van der Waals surface area contributed by atoms with Gasteiger partial charge in [-0.3, -0.25) is 4.79 Å². The van der Waals surface area contributed by atoms with Gasteiger partial charge in [-0.15, -0.1) is 5.10 Å². The highest BCUT2D eigenvalue weighted by Crippen LogP contribution is 2.19. The van der Waals surface area contributed by atoms with Crippen molar-refractivity contribution in [3.8, 4) is 0 Å². The lowest BCUT2D eigenvalue weighted by molar-refractivity contribution is -0.133. The summed E-state index contributed by atoms with van der Waals surface area (Å²) in [6.07, 6.45) is -0.814. The van der Waals surface area contributed by atoms with Crippen LogP contribution in [0.25, 0.3) is 11.0 Å². The van der Waals surface area contributed by atoms with E-state index in [1.807, 2.05) is 13.8 Å². The lowest BCUT2D eigenvalue weighted by Gasteiger charge is -2.16. The first-order valence-electron chi connectivity index (χ1n) is 7.38. The van der Waals surface area contributed by atoms with E-state index in [0.717, 1.165) is 9.15 Å². The zero-order valence-corrected chi connectivity index (χ0v) is 15.0. The van der Waals surface area contributed by atoms with Gasteiger partial charge in [0, 0.05) is 20.1 Å². The zero-order valence-electron chi connectivity index (χ0n) is 14.2. The Morgan fingerprint density at radius 3 is 2.54 bits per heavy atom. The molecule has 0 radical (unpaired) electrons. The van der Waals surface area contributed by atoms with Crippen LogP contribution in [-0.2, 0) is 14.8 Å². The maximum Gasteiger partial charge on any atom is 0.263 e. The molecule has 132 valence electrons. The van der Waals surface area contributed by atoms with Crippen LogP contribution in [0.5, 0.6) is 0 Å². The van der Waals surface area contributed by atoms with Crippen LogP contribution < -0.4 is 10.2 Å². The highest BCUT2D eigenvalue weighted by molar-refractivity contribution is 7.89. The molecule has 1 unspecified atom stereocenters. The summed E-state index contributed by atoms with van der Waals surface area (Å²) in [4.78, 5) is 18.6. The van der Waals surface area contributed by atoms with Gasteiger partial charge >= 0.3 is 0 Å². The van der Waals surface area contributed by atoms with E-state index in [1.54, 1.807) is 6.92 Å². The molecule has 9 nitrogen and oxygen atoms in total. The number of carbonyl (C=O) groups excluding carboxylic acids is 1.